The minimum Gasteiger partial charge on any atom is -0.506 e. The molecular formula is C18H22N4O5S. The number of hydrogen-bond acceptors (Lipinski definition) is 8. The van der Waals surface area contributed by atoms with Crippen molar-refractivity contribution in [1.82, 2.24) is 4.98 Å². The number of aromatic hydroxyl groups is 1. The van der Waals surface area contributed by atoms with Crippen LogP contribution in [-0.4, -0.2) is 42.3 Å². The van der Waals surface area contributed by atoms with E-state index < -0.39 is 14.8 Å². The Morgan fingerprint density at radius 2 is 1.93 bits per heavy atom. The van der Waals surface area contributed by atoms with Gasteiger partial charge >= 0.3 is 5.69 Å². The van der Waals surface area contributed by atoms with Gasteiger partial charge in [-0.1, -0.05) is 6.92 Å². The molecule has 0 saturated carbocycles. The molecule has 1 aliphatic rings. The highest BCUT2D eigenvalue weighted by Gasteiger charge is 2.24. The Morgan fingerprint density at radius 1 is 1.21 bits per heavy atom. The maximum absolute atomic E-state index is 12.1. The molecule has 150 valence electrons. The van der Waals surface area contributed by atoms with Gasteiger partial charge in [0.05, 0.1) is 21.3 Å². The average Bonchev–Trinajstić information content (AvgIpc) is 2.70. The Bertz CT molecular complexity index is 987. The van der Waals surface area contributed by atoms with Gasteiger partial charge in [0.25, 0.3) is 0 Å². The molecule has 2 heterocycles. The zero-order valence-electron chi connectivity index (χ0n) is 15.5. The maximum Gasteiger partial charge on any atom is 0.311 e. The van der Waals surface area contributed by atoms with E-state index in [0.717, 1.165) is 19.3 Å². The summed E-state index contributed by atoms with van der Waals surface area (Å²) in [5.41, 5.74) is 0.0828. The van der Waals surface area contributed by atoms with Crippen LogP contribution in [0.5, 0.6) is 5.75 Å². The summed E-state index contributed by atoms with van der Waals surface area (Å²) in [5, 5.41) is 24.4. The van der Waals surface area contributed by atoms with Crippen molar-refractivity contribution >= 4 is 32.8 Å². The molecule has 0 atom stereocenters. The lowest BCUT2D eigenvalue weighted by molar-refractivity contribution is -0.384. The number of pyridine rings is 1. The van der Waals surface area contributed by atoms with Crippen molar-refractivity contribution in [2.24, 2.45) is 0 Å². The van der Waals surface area contributed by atoms with Crippen LogP contribution >= 0.6 is 0 Å². The Balaban J connectivity index is 1.97. The third-order valence-corrected chi connectivity index (χ3v) is 6.41. The fourth-order valence-electron chi connectivity index (χ4n) is 3.10. The minimum absolute atomic E-state index is 0.0634. The molecule has 9 nitrogen and oxygen atoms in total. The van der Waals surface area contributed by atoms with Gasteiger partial charge in [0.1, 0.15) is 11.6 Å². The van der Waals surface area contributed by atoms with Crippen molar-refractivity contribution in [3.63, 3.8) is 0 Å². The molecule has 0 aliphatic carbocycles. The second kappa shape index (κ2) is 8.01. The fraction of sp³-hybridized carbons (Fsp3) is 0.389. The summed E-state index contributed by atoms with van der Waals surface area (Å²) in [6.07, 6.45) is 2.96. The molecule has 1 fully saturated rings. The van der Waals surface area contributed by atoms with Gasteiger partial charge in [-0.15, -0.1) is 0 Å². The van der Waals surface area contributed by atoms with Gasteiger partial charge in [0.15, 0.2) is 9.84 Å². The van der Waals surface area contributed by atoms with Crippen LogP contribution in [0.3, 0.4) is 0 Å². The van der Waals surface area contributed by atoms with E-state index in [4.69, 9.17) is 0 Å². The molecule has 10 heteroatoms. The highest BCUT2D eigenvalue weighted by molar-refractivity contribution is 7.91. The molecular weight excluding hydrogens is 384 g/mol. The van der Waals surface area contributed by atoms with Gasteiger partial charge in [-0.25, -0.2) is 13.4 Å². The van der Waals surface area contributed by atoms with E-state index in [1.54, 1.807) is 0 Å². The van der Waals surface area contributed by atoms with Crippen LogP contribution in [0.2, 0.25) is 0 Å². The summed E-state index contributed by atoms with van der Waals surface area (Å²) in [7, 11) is -3.44. The van der Waals surface area contributed by atoms with Crippen molar-refractivity contribution in [3.8, 4) is 5.75 Å². The van der Waals surface area contributed by atoms with E-state index in [0.29, 0.717) is 13.1 Å². The predicted molar refractivity (Wildman–Crippen MR) is 106 cm³/mol. The van der Waals surface area contributed by atoms with Crippen molar-refractivity contribution in [2.45, 2.75) is 31.1 Å². The molecule has 2 aromatic rings. The third-order valence-electron chi connectivity index (χ3n) is 4.68. The molecule has 1 saturated heterocycles. The van der Waals surface area contributed by atoms with Crippen LogP contribution in [0, 0.1) is 10.1 Å². The van der Waals surface area contributed by atoms with Crippen LogP contribution in [0.1, 0.15) is 26.2 Å². The Hall–Kier alpha value is -2.88. The number of piperidine rings is 1. The first-order valence-corrected chi connectivity index (χ1v) is 10.7. The molecule has 0 bridgehead atoms. The van der Waals surface area contributed by atoms with Crippen molar-refractivity contribution in [1.29, 1.82) is 0 Å². The molecule has 0 unspecified atom stereocenters. The number of benzene rings is 1. The number of phenols is 1. The van der Waals surface area contributed by atoms with Crippen LogP contribution in [0.4, 0.5) is 23.0 Å². The SMILES string of the molecule is CCS(=O)(=O)c1ccc(O)c(Nc2ccc([N+](=O)[O-])c(N3CCCCC3)n2)c1. The first kappa shape index (κ1) is 19.9. The molecule has 0 amide bonds. The standard InChI is InChI=1S/C18H22N4O5S/c1-2-28(26,27)13-6-8-16(23)14(12-13)19-17-9-7-15(22(24)25)18(20-17)21-10-4-3-5-11-21/h6-9,12,23H,2-5,10-11H2,1H3,(H,19,20). The molecule has 1 aromatic heterocycles. The summed E-state index contributed by atoms with van der Waals surface area (Å²) in [6.45, 7) is 2.91. The summed E-state index contributed by atoms with van der Waals surface area (Å²) >= 11 is 0. The monoisotopic (exact) mass is 406 g/mol. The van der Waals surface area contributed by atoms with Gasteiger partial charge in [0.2, 0.25) is 5.82 Å². The number of phenolic OH excluding ortho intramolecular Hbond substituents is 1. The summed E-state index contributed by atoms with van der Waals surface area (Å²) < 4.78 is 24.2. The number of aromatic nitrogens is 1. The summed E-state index contributed by atoms with van der Waals surface area (Å²) in [6, 6.07) is 6.76. The molecule has 0 radical (unpaired) electrons. The van der Waals surface area contributed by atoms with E-state index in [-0.39, 0.29) is 39.4 Å². The van der Waals surface area contributed by atoms with Crippen LogP contribution in [0.25, 0.3) is 0 Å². The predicted octanol–water partition coefficient (Wildman–Crippen LogP) is 3.22. The quantitative estimate of drug-likeness (QED) is 0.425. The number of rotatable bonds is 6. The molecule has 28 heavy (non-hydrogen) atoms. The number of hydrogen-bond donors (Lipinski definition) is 2. The van der Waals surface area contributed by atoms with E-state index in [1.165, 1.54) is 37.3 Å². The second-order valence-corrected chi connectivity index (χ2v) is 8.83. The van der Waals surface area contributed by atoms with Gasteiger partial charge in [-0.05, 0) is 43.5 Å². The maximum atomic E-state index is 12.1. The number of sulfone groups is 1. The second-order valence-electron chi connectivity index (χ2n) is 6.55. The number of anilines is 3. The van der Waals surface area contributed by atoms with E-state index >= 15 is 0 Å². The fourth-order valence-corrected chi connectivity index (χ4v) is 4.01. The first-order valence-electron chi connectivity index (χ1n) is 9.05. The van der Waals surface area contributed by atoms with Crippen LogP contribution < -0.4 is 10.2 Å². The van der Waals surface area contributed by atoms with Crippen LogP contribution in [0.15, 0.2) is 35.2 Å². The highest BCUT2D eigenvalue weighted by Crippen LogP contribution is 2.33. The number of nitrogens with zero attached hydrogens (tertiary/aromatic N) is 3. The lowest BCUT2D eigenvalue weighted by Gasteiger charge is -2.27. The molecule has 0 spiro atoms. The summed E-state index contributed by atoms with van der Waals surface area (Å²) in [5.74, 6) is 0.348. The Morgan fingerprint density at radius 3 is 2.57 bits per heavy atom. The average molecular weight is 406 g/mol. The van der Waals surface area contributed by atoms with E-state index in [9.17, 15) is 23.6 Å². The van der Waals surface area contributed by atoms with Gasteiger partial charge < -0.3 is 15.3 Å². The molecule has 2 N–H and O–H groups in total. The molecule has 3 rings (SSSR count). The topological polar surface area (TPSA) is 126 Å². The summed E-state index contributed by atoms with van der Waals surface area (Å²) in [4.78, 5) is 17.3. The van der Waals surface area contributed by atoms with Gasteiger partial charge in [-0.3, -0.25) is 10.1 Å². The third kappa shape index (κ3) is 4.16. The Labute approximate surface area is 163 Å². The largest absolute Gasteiger partial charge is 0.506 e. The Kier molecular flexibility index (Phi) is 5.68. The smallest absolute Gasteiger partial charge is 0.311 e. The van der Waals surface area contributed by atoms with E-state index in [1.807, 2.05) is 4.90 Å². The molecule has 1 aromatic carbocycles. The van der Waals surface area contributed by atoms with Gasteiger partial charge in [0, 0.05) is 19.2 Å². The lowest BCUT2D eigenvalue weighted by Crippen LogP contribution is -2.30. The zero-order valence-corrected chi connectivity index (χ0v) is 16.3. The zero-order chi connectivity index (χ0) is 20.3. The minimum atomic E-state index is -3.44. The lowest BCUT2D eigenvalue weighted by atomic mass is 10.1. The van der Waals surface area contributed by atoms with E-state index in [2.05, 4.69) is 10.3 Å². The highest BCUT2D eigenvalue weighted by atomic mass is 32.2. The van der Waals surface area contributed by atoms with Crippen molar-refractivity contribution < 1.29 is 18.4 Å². The number of nitro groups is 1. The van der Waals surface area contributed by atoms with Crippen LogP contribution in [-0.2, 0) is 9.84 Å². The first-order chi connectivity index (χ1) is 13.3. The number of nitrogens with one attached hydrogen (secondary N) is 1. The van der Waals surface area contributed by atoms with Crippen molar-refractivity contribution in [2.75, 3.05) is 29.1 Å². The van der Waals surface area contributed by atoms with Crippen molar-refractivity contribution in [3.05, 3.63) is 40.4 Å². The molecule has 1 aliphatic heterocycles. The normalized spacial score (nSPS) is 14.7. The van der Waals surface area contributed by atoms with Gasteiger partial charge in [-0.2, -0.15) is 0 Å².